The lowest BCUT2D eigenvalue weighted by Gasteiger charge is -2.00. The van der Waals surface area contributed by atoms with Gasteiger partial charge in [0.25, 0.3) is 0 Å². The molecule has 0 aromatic heterocycles. The highest BCUT2D eigenvalue weighted by atomic mass is 16.5. The lowest BCUT2D eigenvalue weighted by atomic mass is 10.2. The Balaban J connectivity index is 0.000000220. The average molecular weight is 304 g/mol. The predicted molar refractivity (Wildman–Crippen MR) is 80.1 cm³/mol. The molecule has 0 spiro atoms. The Kier molecular flexibility index (Phi) is 6.43. The smallest absolute Gasteiger partial charge is 0.153 e. The molecule has 2 N–H and O–H groups in total. The van der Waals surface area contributed by atoms with Crippen molar-refractivity contribution in [2.24, 2.45) is 0 Å². The van der Waals surface area contributed by atoms with Crippen molar-refractivity contribution in [3.8, 4) is 23.0 Å². The molecular formula is C16H16O6. The van der Waals surface area contributed by atoms with E-state index < -0.39 is 0 Å². The second kappa shape index (κ2) is 8.31. The zero-order chi connectivity index (χ0) is 16.5. The molecule has 0 heterocycles. The molecule has 0 fully saturated rings. The van der Waals surface area contributed by atoms with Gasteiger partial charge in [-0.25, -0.2) is 0 Å². The summed E-state index contributed by atoms with van der Waals surface area (Å²) in [5.74, 6) is 0.958. The summed E-state index contributed by atoms with van der Waals surface area (Å²) in [4.78, 5) is 20.5. The van der Waals surface area contributed by atoms with Gasteiger partial charge in [-0.15, -0.1) is 0 Å². The van der Waals surface area contributed by atoms with Crippen LogP contribution < -0.4 is 9.47 Å². The normalized spacial score (nSPS) is 9.18. The van der Waals surface area contributed by atoms with E-state index in [4.69, 9.17) is 19.7 Å². The standard InChI is InChI=1S/2C8H8O3/c2*1-11-7-3-2-6(5-9)8(10)4-7/h2*2-5,10H,1H3. The van der Waals surface area contributed by atoms with Gasteiger partial charge in [0.15, 0.2) is 12.6 Å². The Morgan fingerprint density at radius 2 is 1.14 bits per heavy atom. The van der Waals surface area contributed by atoms with E-state index in [0.717, 1.165) is 0 Å². The maximum Gasteiger partial charge on any atom is 0.153 e. The average Bonchev–Trinajstić information content (AvgIpc) is 2.55. The number of phenolic OH excluding ortho intramolecular Hbond substituents is 2. The molecule has 6 heteroatoms. The van der Waals surface area contributed by atoms with Gasteiger partial charge in [0, 0.05) is 12.1 Å². The summed E-state index contributed by atoms with van der Waals surface area (Å²) in [6, 6.07) is 9.02. The summed E-state index contributed by atoms with van der Waals surface area (Å²) in [6.45, 7) is 0. The van der Waals surface area contributed by atoms with Gasteiger partial charge in [0.2, 0.25) is 0 Å². The zero-order valence-corrected chi connectivity index (χ0v) is 12.1. The van der Waals surface area contributed by atoms with Gasteiger partial charge in [-0.1, -0.05) is 0 Å². The van der Waals surface area contributed by atoms with E-state index in [9.17, 15) is 9.59 Å². The monoisotopic (exact) mass is 304 g/mol. The van der Waals surface area contributed by atoms with Crippen molar-refractivity contribution in [2.45, 2.75) is 0 Å². The van der Waals surface area contributed by atoms with Crippen molar-refractivity contribution < 1.29 is 29.3 Å². The minimum Gasteiger partial charge on any atom is -0.507 e. The third-order valence-electron chi connectivity index (χ3n) is 2.73. The van der Waals surface area contributed by atoms with Gasteiger partial charge >= 0.3 is 0 Å². The van der Waals surface area contributed by atoms with Gasteiger partial charge in [-0.05, 0) is 24.3 Å². The van der Waals surface area contributed by atoms with E-state index in [2.05, 4.69) is 0 Å². The Hall–Kier alpha value is -3.02. The maximum atomic E-state index is 10.2. The molecule has 2 aromatic carbocycles. The van der Waals surface area contributed by atoms with Gasteiger partial charge in [-0.3, -0.25) is 9.59 Å². The summed E-state index contributed by atoms with van der Waals surface area (Å²) < 4.78 is 9.64. The van der Waals surface area contributed by atoms with Crippen molar-refractivity contribution in [2.75, 3.05) is 14.2 Å². The number of methoxy groups -OCH3 is 2. The minimum absolute atomic E-state index is 0.0562. The Morgan fingerprint density at radius 1 is 0.773 bits per heavy atom. The lowest BCUT2D eigenvalue weighted by molar-refractivity contribution is 0.111. The highest BCUT2D eigenvalue weighted by Gasteiger charge is 2.00. The minimum atomic E-state index is -0.0562. The molecule has 0 bridgehead atoms. The van der Waals surface area contributed by atoms with E-state index in [1.165, 1.54) is 38.5 Å². The second-order valence-corrected chi connectivity index (χ2v) is 4.09. The molecule has 0 aliphatic carbocycles. The van der Waals surface area contributed by atoms with E-state index >= 15 is 0 Å². The number of hydrogen-bond acceptors (Lipinski definition) is 6. The molecule has 2 aromatic rings. The van der Waals surface area contributed by atoms with Crippen LogP contribution in [0.4, 0.5) is 0 Å². The first-order chi connectivity index (χ1) is 10.5. The number of aldehydes is 2. The van der Waals surface area contributed by atoms with E-state index in [0.29, 0.717) is 24.1 Å². The number of phenols is 2. The molecule has 2 rings (SSSR count). The molecule has 116 valence electrons. The number of carbonyl (C=O) groups excluding carboxylic acids is 2. The van der Waals surface area contributed by atoms with E-state index in [1.807, 2.05) is 0 Å². The topological polar surface area (TPSA) is 93.1 Å². The van der Waals surface area contributed by atoms with E-state index in [-0.39, 0.29) is 22.6 Å². The molecule has 22 heavy (non-hydrogen) atoms. The molecule has 0 amide bonds. The lowest BCUT2D eigenvalue weighted by Crippen LogP contribution is -1.85. The van der Waals surface area contributed by atoms with E-state index in [1.54, 1.807) is 12.1 Å². The van der Waals surface area contributed by atoms with Crippen LogP contribution in [0.3, 0.4) is 0 Å². The maximum absolute atomic E-state index is 10.2. The predicted octanol–water partition coefficient (Wildman–Crippen LogP) is 2.43. The molecule has 0 unspecified atom stereocenters. The van der Waals surface area contributed by atoms with Crippen LogP contribution in [0.5, 0.6) is 23.0 Å². The third-order valence-corrected chi connectivity index (χ3v) is 2.73. The SMILES string of the molecule is COc1ccc(C=O)c(O)c1.COc1ccc(C=O)c(O)c1. The van der Waals surface area contributed by atoms with Crippen LogP contribution in [-0.4, -0.2) is 37.0 Å². The number of benzene rings is 2. The molecule has 0 saturated carbocycles. The second-order valence-electron chi connectivity index (χ2n) is 4.09. The molecule has 0 saturated heterocycles. The highest BCUT2D eigenvalue weighted by Crippen LogP contribution is 2.22. The number of hydrogen-bond donors (Lipinski definition) is 2. The fourth-order valence-electron chi connectivity index (χ4n) is 1.50. The van der Waals surface area contributed by atoms with Gasteiger partial charge < -0.3 is 19.7 Å². The zero-order valence-electron chi connectivity index (χ0n) is 12.1. The summed E-state index contributed by atoms with van der Waals surface area (Å²) in [5.41, 5.74) is 0.539. The van der Waals surface area contributed by atoms with Crippen molar-refractivity contribution in [1.82, 2.24) is 0 Å². The van der Waals surface area contributed by atoms with Crippen molar-refractivity contribution in [3.05, 3.63) is 47.5 Å². The molecule has 0 radical (unpaired) electrons. The first-order valence-electron chi connectivity index (χ1n) is 6.20. The summed E-state index contributed by atoms with van der Waals surface area (Å²) in [7, 11) is 2.99. The Labute approximate surface area is 127 Å². The van der Waals surface area contributed by atoms with Gasteiger partial charge in [0.1, 0.15) is 23.0 Å². The van der Waals surface area contributed by atoms with Crippen LogP contribution >= 0.6 is 0 Å². The number of rotatable bonds is 4. The Morgan fingerprint density at radius 3 is 1.36 bits per heavy atom. The van der Waals surface area contributed by atoms with Gasteiger partial charge in [-0.2, -0.15) is 0 Å². The van der Waals surface area contributed by atoms with Gasteiger partial charge in [0.05, 0.1) is 25.3 Å². The van der Waals surface area contributed by atoms with Crippen LogP contribution in [0.2, 0.25) is 0 Å². The summed E-state index contributed by atoms with van der Waals surface area (Å²) in [5, 5.41) is 18.2. The number of carbonyl (C=O) groups is 2. The number of aromatic hydroxyl groups is 2. The third kappa shape index (κ3) is 4.52. The largest absolute Gasteiger partial charge is 0.507 e. The quantitative estimate of drug-likeness (QED) is 0.843. The van der Waals surface area contributed by atoms with Crippen LogP contribution in [-0.2, 0) is 0 Å². The molecule has 0 aliphatic rings. The fourth-order valence-corrected chi connectivity index (χ4v) is 1.50. The van der Waals surface area contributed by atoms with Crippen molar-refractivity contribution in [1.29, 1.82) is 0 Å². The van der Waals surface area contributed by atoms with Crippen LogP contribution in [0.15, 0.2) is 36.4 Å². The summed E-state index contributed by atoms with van der Waals surface area (Å²) >= 11 is 0. The first-order valence-corrected chi connectivity index (χ1v) is 6.20. The molecule has 6 nitrogen and oxygen atoms in total. The van der Waals surface area contributed by atoms with Crippen molar-refractivity contribution >= 4 is 12.6 Å². The van der Waals surface area contributed by atoms with Crippen LogP contribution in [0.25, 0.3) is 0 Å². The number of ether oxygens (including phenoxy) is 2. The summed E-state index contributed by atoms with van der Waals surface area (Å²) in [6.07, 6.45) is 1.18. The molecule has 0 aliphatic heterocycles. The first kappa shape index (κ1) is 17.0. The van der Waals surface area contributed by atoms with Crippen LogP contribution in [0, 0.1) is 0 Å². The molecule has 0 atom stereocenters. The van der Waals surface area contributed by atoms with Crippen LogP contribution in [0.1, 0.15) is 20.7 Å². The molecular weight excluding hydrogens is 288 g/mol. The highest BCUT2D eigenvalue weighted by molar-refractivity contribution is 5.79. The van der Waals surface area contributed by atoms with Crippen molar-refractivity contribution in [3.63, 3.8) is 0 Å². The Bertz CT molecular complexity index is 594. The fraction of sp³-hybridized carbons (Fsp3) is 0.125.